The number of aromatic nitrogens is 3. The molecule has 9 nitrogen and oxygen atoms in total. The first kappa shape index (κ1) is 41.7. The van der Waals surface area contributed by atoms with E-state index in [1.54, 1.807) is 64.2 Å². The van der Waals surface area contributed by atoms with Gasteiger partial charge in [-0.2, -0.15) is 0 Å². The fourth-order valence-electron chi connectivity index (χ4n) is 16.0. The number of benzene rings is 1. The standard InChI is InChI=1S/C54H73N7O2/c1-34(2)61-33-42(5-7-46-35(3)19-36(4)57-52(46)63)50-47(51(55)62)26-43(27-48(50)61)41-6-8-49(56-32-41)60-17-15-59(16-18-60)14-13-58(11-9-53-28-37-20-38(29-53)23-44(53)22-37)12-10-54-30-39-21-40(31-54)25-45(54)24-39/h6,8,19,26-27,32-34,37-40,44-45H,5,7,9-18,20-25,28-31H2,1-4H3,(H2,55,62)(H,57,63). The Morgan fingerprint density at radius 3 is 2.02 bits per heavy atom. The van der Waals surface area contributed by atoms with Crippen LogP contribution in [0, 0.1) is 60.2 Å². The summed E-state index contributed by atoms with van der Waals surface area (Å²) in [4.78, 5) is 42.1. The van der Waals surface area contributed by atoms with E-state index in [2.05, 4.69) is 62.5 Å². The summed E-state index contributed by atoms with van der Waals surface area (Å²) in [5.41, 5.74) is 14.5. The summed E-state index contributed by atoms with van der Waals surface area (Å²) in [6, 6.07) is 10.6. The molecule has 1 saturated heterocycles. The van der Waals surface area contributed by atoms with Gasteiger partial charge in [-0.1, -0.05) is 0 Å². The van der Waals surface area contributed by atoms with E-state index in [1.165, 1.54) is 39.0 Å². The van der Waals surface area contributed by atoms with Crippen LogP contribution in [-0.4, -0.2) is 82.6 Å². The third kappa shape index (κ3) is 7.68. The number of pyridine rings is 2. The predicted octanol–water partition coefficient (Wildman–Crippen LogP) is 9.33. The fourth-order valence-corrected chi connectivity index (χ4v) is 16.0. The van der Waals surface area contributed by atoms with Gasteiger partial charge >= 0.3 is 0 Å². The number of carbonyl (C=O) groups is 1. The molecule has 336 valence electrons. The highest BCUT2D eigenvalue weighted by molar-refractivity contribution is 6.09. The van der Waals surface area contributed by atoms with Crippen LogP contribution in [0.5, 0.6) is 0 Å². The Morgan fingerprint density at radius 1 is 0.825 bits per heavy atom. The summed E-state index contributed by atoms with van der Waals surface area (Å²) in [5, 5.41) is 0.881. The number of piperazine rings is 1. The molecule has 9 fully saturated rings. The smallest absolute Gasteiger partial charge is 0.251 e. The molecule has 1 amide bonds. The molecule has 9 heteroatoms. The molecule has 4 unspecified atom stereocenters. The Labute approximate surface area is 375 Å². The number of aryl methyl sites for hydroxylation is 3. The van der Waals surface area contributed by atoms with Gasteiger partial charge in [-0.25, -0.2) is 4.98 Å². The molecule has 1 aliphatic heterocycles. The zero-order valence-electron chi connectivity index (χ0n) is 38.8. The SMILES string of the molecule is Cc1cc(C)c(CCc2cn(C(C)C)c3cc(-c4ccc(N5CCN(CCN(CCC67CC8CC(CC6C8)C7)CCC67CC8CC(CC6C8)C7)CC5)nc4)cc(C(N)=O)c23)c(=O)[nH]1. The number of hydrogen-bond donors (Lipinski definition) is 2. The number of hydrogen-bond acceptors (Lipinski definition) is 6. The van der Waals surface area contributed by atoms with Crippen molar-refractivity contribution in [2.45, 2.75) is 124 Å². The van der Waals surface area contributed by atoms with Gasteiger partial charge in [-0.3, -0.25) is 14.5 Å². The number of primary amides is 1. The van der Waals surface area contributed by atoms with Crippen LogP contribution >= 0.6 is 0 Å². The Morgan fingerprint density at radius 2 is 1.46 bits per heavy atom. The Hall–Kier alpha value is -3.95. The van der Waals surface area contributed by atoms with Crippen molar-refractivity contribution in [1.29, 1.82) is 0 Å². The summed E-state index contributed by atoms with van der Waals surface area (Å²) in [7, 11) is 0. The van der Waals surface area contributed by atoms with Crippen molar-refractivity contribution in [3.8, 4) is 11.1 Å². The van der Waals surface area contributed by atoms with E-state index in [9.17, 15) is 9.59 Å². The van der Waals surface area contributed by atoms with Crippen molar-refractivity contribution >= 4 is 22.6 Å². The Balaban J connectivity index is 0.743. The molecule has 63 heavy (non-hydrogen) atoms. The van der Waals surface area contributed by atoms with Crippen molar-refractivity contribution < 1.29 is 4.79 Å². The third-order valence-corrected chi connectivity index (χ3v) is 18.7. The number of nitrogens with two attached hydrogens (primary N) is 1. The zero-order chi connectivity index (χ0) is 43.2. The van der Waals surface area contributed by atoms with Crippen LogP contribution in [0.1, 0.15) is 130 Å². The molecule has 3 N–H and O–H groups in total. The van der Waals surface area contributed by atoms with E-state index in [-0.39, 0.29) is 11.6 Å². The second-order valence-electron chi connectivity index (χ2n) is 22.8. The lowest BCUT2D eigenvalue weighted by Gasteiger charge is -2.39. The predicted molar refractivity (Wildman–Crippen MR) is 254 cm³/mol. The number of nitrogens with zero attached hydrogens (tertiary/aromatic N) is 5. The van der Waals surface area contributed by atoms with E-state index in [1.807, 2.05) is 32.2 Å². The lowest BCUT2D eigenvalue weighted by Crippen LogP contribution is -2.49. The molecule has 8 aliphatic carbocycles. The van der Waals surface area contributed by atoms with Crippen LogP contribution in [0.3, 0.4) is 0 Å². The number of anilines is 1. The van der Waals surface area contributed by atoms with Crippen molar-refractivity contribution in [2.75, 3.05) is 57.3 Å². The third-order valence-electron chi connectivity index (χ3n) is 18.7. The van der Waals surface area contributed by atoms with Gasteiger partial charge in [0.1, 0.15) is 5.82 Å². The minimum absolute atomic E-state index is 0.0407. The monoisotopic (exact) mass is 852 g/mol. The molecule has 8 saturated carbocycles. The van der Waals surface area contributed by atoms with Crippen molar-refractivity contribution in [2.24, 2.45) is 52.1 Å². The maximum Gasteiger partial charge on any atom is 0.251 e. The number of fused-ring (bicyclic) bond motifs is 1. The Bertz CT molecular complexity index is 2350. The van der Waals surface area contributed by atoms with Crippen LogP contribution in [0.15, 0.2) is 47.5 Å². The molecule has 0 spiro atoms. The largest absolute Gasteiger partial charge is 0.366 e. The molecular formula is C54H73N7O2. The van der Waals surface area contributed by atoms with E-state index in [0.29, 0.717) is 29.2 Å². The zero-order valence-corrected chi connectivity index (χ0v) is 38.8. The average Bonchev–Trinajstić information content (AvgIpc) is 3.97. The highest BCUT2D eigenvalue weighted by Crippen LogP contribution is 2.68. The van der Waals surface area contributed by atoms with E-state index in [0.717, 1.165) is 112 Å². The van der Waals surface area contributed by atoms with E-state index in [4.69, 9.17) is 10.7 Å². The number of H-pyrrole nitrogens is 1. The molecule has 9 aliphatic rings. The maximum absolute atomic E-state index is 13.1. The highest BCUT2D eigenvalue weighted by atomic mass is 16.1. The minimum Gasteiger partial charge on any atom is -0.366 e. The van der Waals surface area contributed by atoms with Gasteiger partial charge < -0.3 is 25.1 Å². The highest BCUT2D eigenvalue weighted by Gasteiger charge is 2.58. The van der Waals surface area contributed by atoms with Gasteiger partial charge in [0.25, 0.3) is 5.56 Å². The normalized spacial score (nSPS) is 30.7. The molecule has 13 rings (SSSR count). The molecule has 0 radical (unpaired) electrons. The van der Waals surface area contributed by atoms with Crippen molar-refractivity contribution in [3.63, 3.8) is 0 Å². The summed E-state index contributed by atoms with van der Waals surface area (Å²) in [6.45, 7) is 17.4. The second kappa shape index (κ2) is 16.2. The summed E-state index contributed by atoms with van der Waals surface area (Å²) in [6.07, 6.45) is 23.7. The van der Waals surface area contributed by atoms with Gasteiger partial charge in [-0.15, -0.1) is 0 Å². The number of rotatable bonds is 16. The molecule has 8 bridgehead atoms. The van der Waals surface area contributed by atoms with Crippen LogP contribution in [0.25, 0.3) is 22.0 Å². The molecule has 3 aromatic heterocycles. The van der Waals surface area contributed by atoms with Gasteiger partial charge in [0.15, 0.2) is 0 Å². The molecular weight excluding hydrogens is 779 g/mol. The fraction of sp³-hybridized carbons (Fsp3) is 0.648. The summed E-state index contributed by atoms with van der Waals surface area (Å²) in [5.74, 6) is 6.87. The quantitative estimate of drug-likeness (QED) is 0.117. The maximum atomic E-state index is 13.1. The van der Waals surface area contributed by atoms with E-state index >= 15 is 0 Å². The molecule has 4 atom stereocenters. The number of aromatic amines is 1. The molecule has 4 aromatic rings. The Kier molecular flexibility index (Phi) is 10.7. The van der Waals surface area contributed by atoms with Crippen LogP contribution in [-0.2, 0) is 12.8 Å². The van der Waals surface area contributed by atoms with Gasteiger partial charge in [0, 0.05) is 91.0 Å². The average molecular weight is 852 g/mol. The first-order valence-corrected chi connectivity index (χ1v) is 25.2. The summed E-state index contributed by atoms with van der Waals surface area (Å²) >= 11 is 0. The van der Waals surface area contributed by atoms with Gasteiger partial charge in [0.05, 0.1) is 0 Å². The second-order valence-corrected chi connectivity index (χ2v) is 22.8. The molecule has 4 heterocycles. The number of carbonyl (C=O) groups excluding carboxylic acids is 1. The first-order chi connectivity index (χ1) is 30.4. The summed E-state index contributed by atoms with van der Waals surface area (Å²) < 4.78 is 2.23. The van der Waals surface area contributed by atoms with E-state index < -0.39 is 5.91 Å². The van der Waals surface area contributed by atoms with Gasteiger partial charge in [-0.05, 0) is 224 Å². The minimum atomic E-state index is -0.445. The van der Waals surface area contributed by atoms with Crippen LogP contribution in [0.2, 0.25) is 0 Å². The first-order valence-electron chi connectivity index (χ1n) is 25.2. The van der Waals surface area contributed by atoms with Crippen molar-refractivity contribution in [3.05, 3.63) is 81.0 Å². The van der Waals surface area contributed by atoms with Crippen LogP contribution < -0.4 is 16.2 Å². The topological polar surface area (TPSA) is 103 Å². The lowest BCUT2D eigenvalue weighted by atomic mass is 9.73. The number of amides is 1. The molecule has 1 aromatic carbocycles. The van der Waals surface area contributed by atoms with Crippen LogP contribution in [0.4, 0.5) is 5.82 Å². The number of nitrogens with one attached hydrogen (secondary N) is 1. The van der Waals surface area contributed by atoms with Gasteiger partial charge in [0.2, 0.25) is 5.91 Å². The lowest BCUT2D eigenvalue weighted by molar-refractivity contribution is 0.100. The van der Waals surface area contributed by atoms with Crippen molar-refractivity contribution in [1.82, 2.24) is 24.3 Å².